The number of nitrogens with zero attached hydrogens (tertiary/aromatic N) is 1. The SMILES string of the molecule is NC(=O)c1c(NC(=O)c2cc(-c3ccc4c(c3)OCO4)nc3ccccc23)sc2c1CCCC2. The molecule has 0 spiro atoms. The van der Waals surface area contributed by atoms with Gasteiger partial charge >= 0.3 is 0 Å². The van der Waals surface area contributed by atoms with Gasteiger partial charge in [0.05, 0.1) is 22.3 Å². The Kier molecular flexibility index (Phi) is 4.95. The summed E-state index contributed by atoms with van der Waals surface area (Å²) in [6.45, 7) is 0.185. The molecule has 170 valence electrons. The molecule has 2 aliphatic rings. The minimum absolute atomic E-state index is 0.185. The standard InChI is InChI=1S/C26H21N3O4S/c27-24(30)23-16-6-2-4-8-22(16)34-26(23)29-25(31)17-12-19(28-18-7-3-1-5-15(17)18)14-9-10-20-21(11-14)33-13-32-20/h1,3,5,7,9-12H,2,4,6,8,13H2,(H2,27,30)(H,29,31). The lowest BCUT2D eigenvalue weighted by Crippen LogP contribution is -2.19. The van der Waals surface area contributed by atoms with Crippen molar-refractivity contribution < 1.29 is 19.1 Å². The average Bonchev–Trinajstić information content (AvgIpc) is 3.46. The molecule has 34 heavy (non-hydrogen) atoms. The fourth-order valence-electron chi connectivity index (χ4n) is 4.65. The van der Waals surface area contributed by atoms with Crippen LogP contribution in [0.15, 0.2) is 48.5 Å². The summed E-state index contributed by atoms with van der Waals surface area (Å²) < 4.78 is 10.9. The molecule has 7 nitrogen and oxygen atoms in total. The topological polar surface area (TPSA) is 104 Å². The fourth-order valence-corrected chi connectivity index (χ4v) is 5.94. The molecule has 0 radical (unpaired) electrons. The Morgan fingerprint density at radius 3 is 2.71 bits per heavy atom. The highest BCUT2D eigenvalue weighted by Gasteiger charge is 2.26. The molecule has 2 amide bonds. The molecule has 1 aliphatic heterocycles. The number of anilines is 1. The van der Waals surface area contributed by atoms with E-state index in [4.69, 9.17) is 20.2 Å². The number of amides is 2. The van der Waals surface area contributed by atoms with E-state index in [9.17, 15) is 9.59 Å². The van der Waals surface area contributed by atoms with Crippen LogP contribution in [-0.4, -0.2) is 23.6 Å². The number of thiophene rings is 1. The summed E-state index contributed by atoms with van der Waals surface area (Å²) in [6.07, 6.45) is 3.81. The maximum atomic E-state index is 13.6. The molecule has 0 saturated heterocycles. The Balaban J connectivity index is 1.43. The lowest BCUT2D eigenvalue weighted by atomic mass is 9.95. The van der Waals surface area contributed by atoms with E-state index < -0.39 is 5.91 Å². The second-order valence-corrected chi connectivity index (χ2v) is 9.48. The number of fused-ring (bicyclic) bond motifs is 3. The Hall–Kier alpha value is -3.91. The summed E-state index contributed by atoms with van der Waals surface area (Å²) in [7, 11) is 0. The number of benzene rings is 2. The molecule has 0 fully saturated rings. The molecule has 8 heteroatoms. The summed E-state index contributed by atoms with van der Waals surface area (Å²) in [6, 6.07) is 14.9. The molecule has 6 rings (SSSR count). The van der Waals surface area contributed by atoms with Gasteiger partial charge in [0.2, 0.25) is 6.79 Å². The molecule has 3 N–H and O–H groups in total. The van der Waals surface area contributed by atoms with Gasteiger partial charge in [0.15, 0.2) is 11.5 Å². The van der Waals surface area contributed by atoms with Crippen molar-refractivity contribution in [2.45, 2.75) is 25.7 Å². The lowest BCUT2D eigenvalue weighted by Gasteiger charge is -2.12. The Morgan fingerprint density at radius 1 is 1.00 bits per heavy atom. The first-order valence-electron chi connectivity index (χ1n) is 11.1. The summed E-state index contributed by atoms with van der Waals surface area (Å²) >= 11 is 1.45. The van der Waals surface area contributed by atoms with Crippen LogP contribution in [0.5, 0.6) is 11.5 Å². The first kappa shape index (κ1) is 20.7. The maximum Gasteiger partial charge on any atom is 0.257 e. The van der Waals surface area contributed by atoms with Gasteiger partial charge in [-0.3, -0.25) is 9.59 Å². The molecule has 0 atom stereocenters. The minimum Gasteiger partial charge on any atom is -0.454 e. The quantitative estimate of drug-likeness (QED) is 0.440. The number of nitrogens with one attached hydrogen (secondary N) is 1. The van der Waals surface area contributed by atoms with E-state index in [0.717, 1.165) is 47.1 Å². The zero-order valence-corrected chi connectivity index (χ0v) is 19.0. The third-order valence-corrected chi connectivity index (χ3v) is 7.48. The first-order chi connectivity index (χ1) is 16.6. The summed E-state index contributed by atoms with van der Waals surface area (Å²) in [4.78, 5) is 31.7. The largest absolute Gasteiger partial charge is 0.454 e. The van der Waals surface area contributed by atoms with Gasteiger partial charge in [0, 0.05) is 15.8 Å². The Morgan fingerprint density at radius 2 is 1.82 bits per heavy atom. The maximum absolute atomic E-state index is 13.6. The van der Waals surface area contributed by atoms with Crippen molar-refractivity contribution in [2.24, 2.45) is 5.73 Å². The normalized spacial score (nSPS) is 14.1. The van der Waals surface area contributed by atoms with Crippen LogP contribution in [0.2, 0.25) is 0 Å². The van der Waals surface area contributed by atoms with Crippen molar-refractivity contribution in [1.29, 1.82) is 0 Å². The number of hydrogen-bond donors (Lipinski definition) is 2. The number of carbonyl (C=O) groups is 2. The summed E-state index contributed by atoms with van der Waals surface area (Å²) in [5, 5.41) is 4.24. The van der Waals surface area contributed by atoms with Crippen molar-refractivity contribution in [3.63, 3.8) is 0 Å². The third kappa shape index (κ3) is 3.47. The number of hydrogen-bond acceptors (Lipinski definition) is 6. The van der Waals surface area contributed by atoms with Crippen LogP contribution in [0.25, 0.3) is 22.2 Å². The van der Waals surface area contributed by atoms with E-state index in [1.807, 2.05) is 42.5 Å². The van der Waals surface area contributed by atoms with Crippen LogP contribution in [0.3, 0.4) is 0 Å². The van der Waals surface area contributed by atoms with Crippen LogP contribution < -0.4 is 20.5 Å². The van der Waals surface area contributed by atoms with E-state index >= 15 is 0 Å². The molecular formula is C26H21N3O4S. The van der Waals surface area contributed by atoms with E-state index in [1.54, 1.807) is 6.07 Å². The van der Waals surface area contributed by atoms with Gasteiger partial charge in [-0.05, 0) is 61.6 Å². The molecule has 1 aliphatic carbocycles. The second-order valence-electron chi connectivity index (χ2n) is 8.37. The predicted octanol–water partition coefficient (Wildman–Crippen LogP) is 4.92. The van der Waals surface area contributed by atoms with Crippen molar-refractivity contribution in [3.05, 3.63) is 70.1 Å². The zero-order chi connectivity index (χ0) is 23.2. The fraction of sp³-hybridized carbons (Fsp3) is 0.192. The van der Waals surface area contributed by atoms with E-state index in [1.165, 1.54) is 11.3 Å². The van der Waals surface area contributed by atoms with Gasteiger partial charge in [-0.25, -0.2) is 4.98 Å². The summed E-state index contributed by atoms with van der Waals surface area (Å²) in [5.41, 5.74) is 9.77. The van der Waals surface area contributed by atoms with Crippen LogP contribution in [0.4, 0.5) is 5.00 Å². The van der Waals surface area contributed by atoms with Gasteiger partial charge in [0.1, 0.15) is 5.00 Å². The number of ether oxygens (including phenoxy) is 2. The van der Waals surface area contributed by atoms with Gasteiger partial charge in [0.25, 0.3) is 11.8 Å². The number of nitrogens with two attached hydrogens (primary N) is 1. The van der Waals surface area contributed by atoms with E-state index in [2.05, 4.69) is 5.32 Å². The molecule has 4 aromatic rings. The van der Waals surface area contributed by atoms with Crippen molar-refractivity contribution in [1.82, 2.24) is 4.98 Å². The highest BCUT2D eigenvalue weighted by atomic mass is 32.1. The van der Waals surface area contributed by atoms with Gasteiger partial charge < -0.3 is 20.5 Å². The third-order valence-electron chi connectivity index (χ3n) is 6.27. The monoisotopic (exact) mass is 471 g/mol. The number of rotatable bonds is 4. The van der Waals surface area contributed by atoms with Gasteiger partial charge in [-0.2, -0.15) is 0 Å². The predicted molar refractivity (Wildman–Crippen MR) is 131 cm³/mol. The molecule has 2 aromatic heterocycles. The number of para-hydroxylation sites is 1. The zero-order valence-electron chi connectivity index (χ0n) is 18.2. The second kappa shape index (κ2) is 8.14. The average molecular weight is 472 g/mol. The Bertz CT molecular complexity index is 1480. The molecule has 3 heterocycles. The number of aryl methyl sites for hydroxylation is 1. The van der Waals surface area contributed by atoms with Gasteiger partial charge in [-0.1, -0.05) is 18.2 Å². The molecule has 0 saturated carbocycles. The molecule has 0 bridgehead atoms. The van der Waals surface area contributed by atoms with Crippen LogP contribution in [-0.2, 0) is 12.8 Å². The molecular weight excluding hydrogens is 450 g/mol. The van der Waals surface area contributed by atoms with Crippen molar-refractivity contribution in [2.75, 3.05) is 12.1 Å². The highest BCUT2D eigenvalue weighted by Crippen LogP contribution is 2.39. The van der Waals surface area contributed by atoms with E-state index in [-0.39, 0.29) is 12.7 Å². The minimum atomic E-state index is -0.504. The van der Waals surface area contributed by atoms with Gasteiger partial charge in [-0.15, -0.1) is 11.3 Å². The lowest BCUT2D eigenvalue weighted by molar-refractivity contribution is 0.100. The van der Waals surface area contributed by atoms with Crippen molar-refractivity contribution >= 4 is 39.1 Å². The van der Waals surface area contributed by atoms with E-state index in [0.29, 0.717) is 38.8 Å². The molecule has 0 unspecified atom stereocenters. The Labute approximate surface area is 199 Å². The first-order valence-corrected chi connectivity index (χ1v) is 12.0. The number of carbonyl (C=O) groups excluding carboxylic acids is 2. The van der Waals surface area contributed by atoms with Crippen molar-refractivity contribution in [3.8, 4) is 22.8 Å². The number of aromatic nitrogens is 1. The number of pyridine rings is 1. The van der Waals surface area contributed by atoms with Crippen LogP contribution in [0.1, 0.15) is 44.0 Å². The molecule has 2 aromatic carbocycles. The highest BCUT2D eigenvalue weighted by molar-refractivity contribution is 7.17. The smallest absolute Gasteiger partial charge is 0.257 e. The number of primary amides is 1. The van der Waals surface area contributed by atoms with Crippen LogP contribution in [0, 0.1) is 0 Å². The van der Waals surface area contributed by atoms with Crippen LogP contribution >= 0.6 is 11.3 Å². The summed E-state index contributed by atoms with van der Waals surface area (Å²) in [5.74, 6) is 0.522.